The molecule has 0 saturated heterocycles. The lowest BCUT2D eigenvalue weighted by Crippen LogP contribution is -2.19. The van der Waals surface area contributed by atoms with E-state index in [1.54, 1.807) is 11.3 Å². The van der Waals surface area contributed by atoms with Gasteiger partial charge in [0.15, 0.2) is 0 Å². The van der Waals surface area contributed by atoms with Gasteiger partial charge >= 0.3 is 0 Å². The van der Waals surface area contributed by atoms with Crippen molar-refractivity contribution < 1.29 is 4.52 Å². The molecule has 2 rings (SSSR count). The molecule has 0 aromatic carbocycles. The highest BCUT2D eigenvalue weighted by molar-refractivity contribution is 7.13. The molecule has 0 aliphatic rings. The molecule has 0 saturated carbocycles. The molecule has 0 aliphatic carbocycles. The van der Waals surface area contributed by atoms with Crippen LogP contribution in [0.15, 0.2) is 22.0 Å². The SMILES string of the molecule is CCNCC(C)c1nc(-c2cccs2)no1. The highest BCUT2D eigenvalue weighted by Gasteiger charge is 2.14. The summed E-state index contributed by atoms with van der Waals surface area (Å²) in [7, 11) is 0. The summed E-state index contributed by atoms with van der Waals surface area (Å²) in [5, 5.41) is 9.26. The lowest BCUT2D eigenvalue weighted by Gasteiger charge is -2.05. The van der Waals surface area contributed by atoms with Gasteiger partial charge in [-0.1, -0.05) is 25.1 Å². The maximum atomic E-state index is 5.25. The molecule has 0 radical (unpaired) electrons. The first-order chi connectivity index (χ1) is 7.81. The Morgan fingerprint density at radius 3 is 3.12 bits per heavy atom. The van der Waals surface area contributed by atoms with Crippen LogP contribution in [0.3, 0.4) is 0 Å². The monoisotopic (exact) mass is 237 g/mol. The van der Waals surface area contributed by atoms with Crippen molar-refractivity contribution in [1.29, 1.82) is 0 Å². The summed E-state index contributed by atoms with van der Waals surface area (Å²) in [5.41, 5.74) is 0. The van der Waals surface area contributed by atoms with Gasteiger partial charge in [-0.15, -0.1) is 11.3 Å². The van der Waals surface area contributed by atoms with Gasteiger partial charge in [-0.2, -0.15) is 4.98 Å². The standard InChI is InChI=1S/C11H15N3OS/c1-3-12-7-8(2)11-13-10(14-15-11)9-5-4-6-16-9/h4-6,8,12H,3,7H2,1-2H3. The molecule has 1 atom stereocenters. The summed E-state index contributed by atoms with van der Waals surface area (Å²) in [6.45, 7) is 5.98. The molecule has 1 unspecified atom stereocenters. The number of hydrogen-bond acceptors (Lipinski definition) is 5. The van der Waals surface area contributed by atoms with Crippen molar-refractivity contribution in [1.82, 2.24) is 15.5 Å². The van der Waals surface area contributed by atoms with Gasteiger partial charge in [0.2, 0.25) is 11.7 Å². The Hall–Kier alpha value is -1.20. The maximum Gasteiger partial charge on any atom is 0.231 e. The fraction of sp³-hybridized carbons (Fsp3) is 0.455. The number of rotatable bonds is 5. The summed E-state index contributed by atoms with van der Waals surface area (Å²) in [6, 6.07) is 3.98. The van der Waals surface area contributed by atoms with E-state index in [1.165, 1.54) is 0 Å². The van der Waals surface area contributed by atoms with E-state index in [2.05, 4.69) is 29.3 Å². The third kappa shape index (κ3) is 2.48. The van der Waals surface area contributed by atoms with Crippen LogP contribution in [0, 0.1) is 0 Å². The summed E-state index contributed by atoms with van der Waals surface area (Å²) in [6.07, 6.45) is 0. The van der Waals surface area contributed by atoms with Crippen molar-refractivity contribution in [3.63, 3.8) is 0 Å². The fourth-order valence-electron chi connectivity index (χ4n) is 1.39. The van der Waals surface area contributed by atoms with Crippen molar-refractivity contribution in [2.75, 3.05) is 13.1 Å². The molecular weight excluding hydrogens is 222 g/mol. The molecule has 0 amide bonds. The molecule has 0 aliphatic heterocycles. The molecular formula is C11H15N3OS. The Kier molecular flexibility index (Phi) is 3.69. The van der Waals surface area contributed by atoms with Crippen LogP contribution in [0.25, 0.3) is 10.7 Å². The van der Waals surface area contributed by atoms with Crippen LogP contribution >= 0.6 is 11.3 Å². The predicted molar refractivity (Wildman–Crippen MR) is 64.6 cm³/mol. The largest absolute Gasteiger partial charge is 0.339 e. The molecule has 0 bridgehead atoms. The van der Waals surface area contributed by atoms with Crippen LogP contribution in [-0.2, 0) is 0 Å². The van der Waals surface area contributed by atoms with Crippen LogP contribution in [0.5, 0.6) is 0 Å². The van der Waals surface area contributed by atoms with Crippen molar-refractivity contribution in [3.8, 4) is 10.7 Å². The Balaban J connectivity index is 2.07. The van der Waals surface area contributed by atoms with Crippen LogP contribution in [-0.4, -0.2) is 23.2 Å². The van der Waals surface area contributed by atoms with Crippen LogP contribution < -0.4 is 5.32 Å². The molecule has 86 valence electrons. The van der Waals surface area contributed by atoms with Gasteiger partial charge in [-0.25, -0.2) is 0 Å². The Labute approximate surface area is 98.7 Å². The van der Waals surface area contributed by atoms with Crippen molar-refractivity contribution >= 4 is 11.3 Å². The maximum absolute atomic E-state index is 5.25. The first kappa shape index (κ1) is 11.3. The zero-order valence-corrected chi connectivity index (χ0v) is 10.3. The number of aromatic nitrogens is 2. The lowest BCUT2D eigenvalue weighted by molar-refractivity contribution is 0.355. The van der Waals surface area contributed by atoms with E-state index in [9.17, 15) is 0 Å². The molecule has 2 aromatic rings. The summed E-state index contributed by atoms with van der Waals surface area (Å²) >= 11 is 1.62. The number of nitrogens with one attached hydrogen (secondary N) is 1. The third-order valence-electron chi connectivity index (χ3n) is 2.31. The second-order valence-corrected chi connectivity index (χ2v) is 4.59. The average molecular weight is 237 g/mol. The predicted octanol–water partition coefficient (Wildman–Crippen LogP) is 2.51. The minimum absolute atomic E-state index is 0.251. The molecule has 1 N–H and O–H groups in total. The van der Waals surface area contributed by atoms with Gasteiger partial charge in [0.1, 0.15) is 0 Å². The van der Waals surface area contributed by atoms with Gasteiger partial charge in [0, 0.05) is 12.5 Å². The first-order valence-electron chi connectivity index (χ1n) is 5.39. The minimum atomic E-state index is 0.251. The molecule has 2 heterocycles. The van der Waals surface area contributed by atoms with E-state index in [1.807, 2.05) is 17.5 Å². The Bertz CT molecular complexity index is 424. The normalized spacial score (nSPS) is 12.9. The topological polar surface area (TPSA) is 51.0 Å². The molecule has 0 spiro atoms. The van der Waals surface area contributed by atoms with Crippen molar-refractivity contribution in [2.45, 2.75) is 19.8 Å². The smallest absolute Gasteiger partial charge is 0.231 e. The molecule has 4 nitrogen and oxygen atoms in total. The van der Waals surface area contributed by atoms with E-state index in [0.29, 0.717) is 11.7 Å². The van der Waals surface area contributed by atoms with Crippen LogP contribution in [0.1, 0.15) is 25.7 Å². The van der Waals surface area contributed by atoms with E-state index in [-0.39, 0.29) is 5.92 Å². The zero-order valence-electron chi connectivity index (χ0n) is 9.43. The molecule has 16 heavy (non-hydrogen) atoms. The van der Waals surface area contributed by atoms with E-state index >= 15 is 0 Å². The quantitative estimate of drug-likeness (QED) is 0.868. The molecule has 5 heteroatoms. The summed E-state index contributed by atoms with van der Waals surface area (Å²) in [4.78, 5) is 5.45. The van der Waals surface area contributed by atoms with Crippen molar-refractivity contribution in [2.24, 2.45) is 0 Å². The summed E-state index contributed by atoms with van der Waals surface area (Å²) in [5.74, 6) is 1.64. The number of thiophene rings is 1. The highest BCUT2D eigenvalue weighted by Crippen LogP contribution is 2.23. The number of hydrogen-bond donors (Lipinski definition) is 1. The second kappa shape index (κ2) is 5.23. The number of likely N-dealkylation sites (N-methyl/N-ethyl adjacent to an activating group) is 1. The van der Waals surface area contributed by atoms with Gasteiger partial charge in [0.05, 0.1) is 4.88 Å². The van der Waals surface area contributed by atoms with Gasteiger partial charge in [0.25, 0.3) is 0 Å². The fourth-order valence-corrected chi connectivity index (χ4v) is 2.04. The van der Waals surface area contributed by atoms with Crippen LogP contribution in [0.4, 0.5) is 0 Å². The molecule has 2 aromatic heterocycles. The van der Waals surface area contributed by atoms with Gasteiger partial charge < -0.3 is 9.84 Å². The van der Waals surface area contributed by atoms with Gasteiger partial charge in [-0.3, -0.25) is 0 Å². The van der Waals surface area contributed by atoms with Gasteiger partial charge in [-0.05, 0) is 18.0 Å². The average Bonchev–Trinajstić information content (AvgIpc) is 2.94. The molecule has 0 fully saturated rings. The van der Waals surface area contributed by atoms with Crippen LogP contribution in [0.2, 0.25) is 0 Å². The lowest BCUT2D eigenvalue weighted by atomic mass is 10.2. The third-order valence-corrected chi connectivity index (χ3v) is 3.17. The van der Waals surface area contributed by atoms with E-state index in [0.717, 1.165) is 18.0 Å². The summed E-state index contributed by atoms with van der Waals surface area (Å²) < 4.78 is 5.25. The number of nitrogens with zero attached hydrogens (tertiary/aromatic N) is 2. The Morgan fingerprint density at radius 2 is 2.44 bits per heavy atom. The first-order valence-corrected chi connectivity index (χ1v) is 6.27. The van der Waals surface area contributed by atoms with Crippen molar-refractivity contribution in [3.05, 3.63) is 23.4 Å². The van der Waals surface area contributed by atoms with E-state index < -0.39 is 0 Å². The second-order valence-electron chi connectivity index (χ2n) is 3.64. The highest BCUT2D eigenvalue weighted by atomic mass is 32.1. The zero-order chi connectivity index (χ0) is 11.4. The Morgan fingerprint density at radius 1 is 1.56 bits per heavy atom. The minimum Gasteiger partial charge on any atom is -0.339 e. The van der Waals surface area contributed by atoms with E-state index in [4.69, 9.17) is 4.52 Å².